The van der Waals surface area contributed by atoms with Crippen molar-refractivity contribution in [3.63, 3.8) is 0 Å². The van der Waals surface area contributed by atoms with Gasteiger partial charge >= 0.3 is 0 Å². The molecule has 1 aliphatic heterocycles. The molecule has 6 nitrogen and oxygen atoms in total. The molecule has 0 radical (unpaired) electrons. The van der Waals surface area contributed by atoms with Crippen molar-refractivity contribution in [1.29, 1.82) is 0 Å². The van der Waals surface area contributed by atoms with Gasteiger partial charge in [0, 0.05) is 55.1 Å². The Morgan fingerprint density at radius 2 is 1.92 bits per heavy atom. The summed E-state index contributed by atoms with van der Waals surface area (Å²) in [6.07, 6.45) is 0. The maximum atomic E-state index is 12.3. The summed E-state index contributed by atoms with van der Waals surface area (Å²) in [5, 5.41) is 0.961. The molecule has 2 aromatic rings. The van der Waals surface area contributed by atoms with E-state index in [1.165, 1.54) is 0 Å². The number of hydrogen-bond acceptors (Lipinski definition) is 4. The van der Waals surface area contributed by atoms with Crippen molar-refractivity contribution in [1.82, 2.24) is 14.8 Å². The van der Waals surface area contributed by atoms with Gasteiger partial charge in [-0.15, -0.1) is 0 Å². The van der Waals surface area contributed by atoms with Crippen molar-refractivity contribution < 1.29 is 9.53 Å². The van der Waals surface area contributed by atoms with Gasteiger partial charge in [0.05, 0.1) is 7.11 Å². The van der Waals surface area contributed by atoms with Gasteiger partial charge in [-0.1, -0.05) is 13.8 Å². The molecule has 1 aliphatic rings. The SMILES string of the molecule is COc1ccc2[nH]c(=O)c(CN3CCN(C(=O)C(C)C)CC3)cc2c1. The summed E-state index contributed by atoms with van der Waals surface area (Å²) >= 11 is 0. The molecule has 1 fully saturated rings. The van der Waals surface area contributed by atoms with E-state index in [0.717, 1.165) is 48.4 Å². The van der Waals surface area contributed by atoms with E-state index in [2.05, 4.69) is 9.88 Å². The summed E-state index contributed by atoms with van der Waals surface area (Å²) in [7, 11) is 1.63. The second kappa shape index (κ2) is 7.27. The van der Waals surface area contributed by atoms with Crippen molar-refractivity contribution in [3.8, 4) is 5.75 Å². The van der Waals surface area contributed by atoms with Gasteiger partial charge in [0.2, 0.25) is 5.91 Å². The van der Waals surface area contributed by atoms with E-state index >= 15 is 0 Å². The van der Waals surface area contributed by atoms with Gasteiger partial charge in [-0.05, 0) is 24.3 Å². The molecule has 1 saturated heterocycles. The summed E-state index contributed by atoms with van der Waals surface area (Å²) in [4.78, 5) is 31.5. The Kier molecular flexibility index (Phi) is 5.08. The number of benzene rings is 1. The number of hydrogen-bond donors (Lipinski definition) is 1. The van der Waals surface area contributed by atoms with Gasteiger partial charge in [-0.3, -0.25) is 14.5 Å². The van der Waals surface area contributed by atoms with Crippen LogP contribution in [0, 0.1) is 5.92 Å². The molecule has 6 heteroatoms. The Bertz CT molecular complexity index is 820. The summed E-state index contributed by atoms with van der Waals surface area (Å²) in [6, 6.07) is 7.55. The van der Waals surface area contributed by atoms with Crippen LogP contribution in [0.25, 0.3) is 10.9 Å². The number of carbonyl (C=O) groups excluding carboxylic acids is 1. The fourth-order valence-corrected chi connectivity index (χ4v) is 3.21. The lowest BCUT2D eigenvalue weighted by Crippen LogP contribution is -2.49. The molecule has 0 aliphatic carbocycles. The fourth-order valence-electron chi connectivity index (χ4n) is 3.21. The van der Waals surface area contributed by atoms with E-state index in [1.54, 1.807) is 7.11 Å². The average Bonchev–Trinajstić information content (AvgIpc) is 2.62. The molecule has 134 valence electrons. The van der Waals surface area contributed by atoms with Crippen molar-refractivity contribution in [3.05, 3.63) is 40.2 Å². The molecule has 2 heterocycles. The summed E-state index contributed by atoms with van der Waals surface area (Å²) in [6.45, 7) is 7.45. The van der Waals surface area contributed by atoms with E-state index in [0.29, 0.717) is 6.54 Å². The van der Waals surface area contributed by atoms with Crippen LogP contribution in [0.5, 0.6) is 5.75 Å². The molecule has 0 bridgehead atoms. The maximum Gasteiger partial charge on any atom is 0.252 e. The number of aromatic amines is 1. The number of ether oxygens (including phenoxy) is 1. The van der Waals surface area contributed by atoms with Gasteiger partial charge in [-0.2, -0.15) is 0 Å². The van der Waals surface area contributed by atoms with Crippen molar-refractivity contribution in [2.75, 3.05) is 33.3 Å². The number of nitrogens with zero attached hydrogens (tertiary/aromatic N) is 2. The number of rotatable bonds is 4. The number of amides is 1. The van der Waals surface area contributed by atoms with Gasteiger partial charge in [0.15, 0.2) is 0 Å². The third-order valence-corrected chi connectivity index (χ3v) is 4.70. The molecule has 3 rings (SSSR count). The Balaban J connectivity index is 1.72. The lowest BCUT2D eigenvalue weighted by molar-refractivity contribution is -0.136. The van der Waals surface area contributed by atoms with E-state index in [4.69, 9.17) is 4.74 Å². The molecule has 1 aromatic heterocycles. The van der Waals surface area contributed by atoms with Gasteiger partial charge in [0.1, 0.15) is 5.75 Å². The minimum Gasteiger partial charge on any atom is -0.497 e. The smallest absolute Gasteiger partial charge is 0.252 e. The normalized spacial score (nSPS) is 15.8. The van der Waals surface area contributed by atoms with Crippen LogP contribution in [0.15, 0.2) is 29.1 Å². The number of H-pyrrole nitrogens is 1. The van der Waals surface area contributed by atoms with Crippen molar-refractivity contribution in [2.45, 2.75) is 20.4 Å². The molecular weight excluding hydrogens is 318 g/mol. The van der Waals surface area contributed by atoms with E-state index in [1.807, 2.05) is 43.0 Å². The highest BCUT2D eigenvalue weighted by Crippen LogP contribution is 2.19. The van der Waals surface area contributed by atoms with E-state index in [9.17, 15) is 9.59 Å². The highest BCUT2D eigenvalue weighted by molar-refractivity contribution is 5.80. The molecule has 25 heavy (non-hydrogen) atoms. The zero-order valence-electron chi connectivity index (χ0n) is 15.0. The standard InChI is InChI=1S/C19H25N3O3/c1-13(2)19(24)22-8-6-21(7-9-22)12-15-10-14-11-16(25-3)4-5-17(14)20-18(15)23/h4-5,10-11,13H,6-9,12H2,1-3H3,(H,20,23). The first kappa shape index (κ1) is 17.5. The van der Waals surface area contributed by atoms with Crippen LogP contribution in [0.3, 0.4) is 0 Å². The topological polar surface area (TPSA) is 65.6 Å². The zero-order valence-corrected chi connectivity index (χ0v) is 15.0. The quantitative estimate of drug-likeness (QED) is 0.920. The zero-order chi connectivity index (χ0) is 18.0. The highest BCUT2D eigenvalue weighted by atomic mass is 16.5. The first-order valence-electron chi connectivity index (χ1n) is 8.69. The molecular formula is C19H25N3O3. The first-order valence-corrected chi connectivity index (χ1v) is 8.69. The largest absolute Gasteiger partial charge is 0.497 e. The van der Waals surface area contributed by atoms with Crippen LogP contribution in [-0.2, 0) is 11.3 Å². The first-order chi connectivity index (χ1) is 12.0. The van der Waals surface area contributed by atoms with Crippen LogP contribution >= 0.6 is 0 Å². The van der Waals surface area contributed by atoms with Gasteiger partial charge in [-0.25, -0.2) is 0 Å². The van der Waals surface area contributed by atoms with E-state index < -0.39 is 0 Å². The predicted octanol–water partition coefficient (Wildman–Crippen LogP) is 1.84. The van der Waals surface area contributed by atoms with Crippen LogP contribution in [-0.4, -0.2) is 54.0 Å². The summed E-state index contributed by atoms with van der Waals surface area (Å²) in [5.41, 5.74) is 1.49. The van der Waals surface area contributed by atoms with Gasteiger partial charge < -0.3 is 14.6 Å². The van der Waals surface area contributed by atoms with Gasteiger partial charge in [0.25, 0.3) is 5.56 Å². The van der Waals surface area contributed by atoms with Crippen LogP contribution in [0.2, 0.25) is 0 Å². The van der Waals surface area contributed by atoms with Crippen LogP contribution in [0.4, 0.5) is 0 Å². The number of aromatic nitrogens is 1. The van der Waals surface area contributed by atoms with Crippen molar-refractivity contribution >= 4 is 16.8 Å². The Hall–Kier alpha value is -2.34. The molecule has 0 unspecified atom stereocenters. The summed E-state index contributed by atoms with van der Waals surface area (Å²) in [5.74, 6) is 1.01. The molecule has 1 aromatic carbocycles. The molecule has 0 spiro atoms. The van der Waals surface area contributed by atoms with Crippen LogP contribution in [0.1, 0.15) is 19.4 Å². The third-order valence-electron chi connectivity index (χ3n) is 4.70. The number of methoxy groups -OCH3 is 1. The number of piperazine rings is 1. The molecule has 1 amide bonds. The molecule has 1 N–H and O–H groups in total. The number of nitrogens with one attached hydrogen (secondary N) is 1. The second-order valence-corrected chi connectivity index (χ2v) is 6.83. The monoisotopic (exact) mass is 343 g/mol. The minimum absolute atomic E-state index is 0.0323. The summed E-state index contributed by atoms with van der Waals surface area (Å²) < 4.78 is 5.26. The molecule has 0 saturated carbocycles. The lowest BCUT2D eigenvalue weighted by atomic mass is 10.1. The lowest BCUT2D eigenvalue weighted by Gasteiger charge is -2.35. The predicted molar refractivity (Wildman–Crippen MR) is 97.8 cm³/mol. The Morgan fingerprint density at radius 1 is 1.20 bits per heavy atom. The minimum atomic E-state index is -0.0571. The molecule has 0 atom stereocenters. The van der Waals surface area contributed by atoms with Crippen LogP contribution < -0.4 is 10.3 Å². The maximum absolute atomic E-state index is 12.3. The second-order valence-electron chi connectivity index (χ2n) is 6.83. The third kappa shape index (κ3) is 3.85. The Morgan fingerprint density at radius 3 is 2.56 bits per heavy atom. The number of carbonyl (C=O) groups is 1. The number of pyridine rings is 1. The fraction of sp³-hybridized carbons (Fsp3) is 0.474. The Labute approximate surface area is 147 Å². The number of fused-ring (bicyclic) bond motifs is 1. The average molecular weight is 343 g/mol. The van der Waals surface area contributed by atoms with E-state index in [-0.39, 0.29) is 17.4 Å². The highest BCUT2D eigenvalue weighted by Gasteiger charge is 2.23. The van der Waals surface area contributed by atoms with Crippen molar-refractivity contribution in [2.24, 2.45) is 5.92 Å².